The van der Waals surface area contributed by atoms with Crippen molar-refractivity contribution in [1.29, 1.82) is 5.26 Å². The van der Waals surface area contributed by atoms with E-state index in [1.165, 1.54) is 6.07 Å². The number of hydrogen-bond donors (Lipinski definition) is 1. The minimum atomic E-state index is -0.368. The number of benzene rings is 1. The number of aromatic nitrogens is 1. The fraction of sp³-hybridized carbons (Fsp3) is 0.143. The maximum Gasteiger partial charge on any atom is 0.148 e. The number of pyridine rings is 1. The minimum Gasteiger partial charge on any atom is -0.337 e. The van der Waals surface area contributed by atoms with Crippen molar-refractivity contribution in [2.75, 3.05) is 5.32 Å². The fourth-order valence-corrected chi connectivity index (χ4v) is 1.60. The van der Waals surface area contributed by atoms with Crippen LogP contribution in [-0.2, 0) is 0 Å². The second kappa shape index (κ2) is 4.84. The van der Waals surface area contributed by atoms with E-state index in [1.807, 2.05) is 19.9 Å². The van der Waals surface area contributed by atoms with Gasteiger partial charge in [0.15, 0.2) is 0 Å². The highest BCUT2D eigenvalue weighted by Crippen LogP contribution is 2.22. The molecule has 3 nitrogen and oxygen atoms in total. The summed E-state index contributed by atoms with van der Waals surface area (Å²) in [4.78, 5) is 4.21. The lowest BCUT2D eigenvalue weighted by atomic mass is 10.2. The van der Waals surface area contributed by atoms with E-state index in [9.17, 15) is 4.39 Å². The Kier molecular flexibility index (Phi) is 3.24. The molecule has 0 saturated carbocycles. The normalized spacial score (nSPS) is 9.89. The summed E-state index contributed by atoms with van der Waals surface area (Å²) in [5.41, 5.74) is 2.42. The summed E-state index contributed by atoms with van der Waals surface area (Å²) in [6, 6.07) is 10.2. The first-order valence-electron chi connectivity index (χ1n) is 5.51. The molecule has 0 aliphatic carbocycles. The first kappa shape index (κ1) is 12.1. The third-order valence-corrected chi connectivity index (χ3v) is 2.53. The van der Waals surface area contributed by atoms with Crippen molar-refractivity contribution in [2.24, 2.45) is 0 Å². The Morgan fingerprint density at radius 2 is 2.00 bits per heavy atom. The number of aryl methyl sites for hydroxylation is 2. The quantitative estimate of drug-likeness (QED) is 0.876. The van der Waals surface area contributed by atoms with Crippen molar-refractivity contribution < 1.29 is 4.39 Å². The zero-order valence-electron chi connectivity index (χ0n) is 10.2. The van der Waals surface area contributed by atoms with Gasteiger partial charge in [-0.05, 0) is 43.7 Å². The number of halogens is 1. The molecule has 0 radical (unpaired) electrons. The maximum absolute atomic E-state index is 13.6. The van der Waals surface area contributed by atoms with Crippen LogP contribution in [-0.4, -0.2) is 4.98 Å². The summed E-state index contributed by atoms with van der Waals surface area (Å²) in [5.74, 6) is 0.00907. The van der Waals surface area contributed by atoms with E-state index in [1.54, 1.807) is 24.3 Å². The molecule has 2 aromatic rings. The Balaban J connectivity index is 2.43. The van der Waals surface area contributed by atoms with Gasteiger partial charge in [0.25, 0.3) is 0 Å². The molecule has 18 heavy (non-hydrogen) atoms. The van der Waals surface area contributed by atoms with Gasteiger partial charge in [-0.15, -0.1) is 0 Å². The van der Waals surface area contributed by atoms with E-state index in [0.717, 1.165) is 11.3 Å². The Labute approximate surface area is 105 Å². The fourth-order valence-electron chi connectivity index (χ4n) is 1.60. The van der Waals surface area contributed by atoms with Crippen LogP contribution in [0.15, 0.2) is 30.3 Å². The molecule has 0 saturated heterocycles. The van der Waals surface area contributed by atoms with Gasteiger partial charge in [-0.1, -0.05) is 6.07 Å². The summed E-state index contributed by atoms with van der Waals surface area (Å²) >= 11 is 0. The van der Waals surface area contributed by atoms with Gasteiger partial charge in [0.1, 0.15) is 17.7 Å². The zero-order valence-corrected chi connectivity index (χ0v) is 10.2. The molecular weight excluding hydrogens is 229 g/mol. The number of nitrogens with one attached hydrogen (secondary N) is 1. The van der Waals surface area contributed by atoms with E-state index >= 15 is 0 Å². The van der Waals surface area contributed by atoms with Crippen molar-refractivity contribution in [3.05, 3.63) is 53.0 Å². The third kappa shape index (κ3) is 2.46. The predicted octanol–water partition coefficient (Wildman–Crippen LogP) is 3.45. The number of nitriles is 1. The maximum atomic E-state index is 13.6. The molecule has 2 rings (SSSR count). The molecule has 0 bridgehead atoms. The molecule has 0 atom stereocenters. The highest BCUT2D eigenvalue weighted by molar-refractivity contribution is 5.63. The Morgan fingerprint density at radius 1 is 1.22 bits per heavy atom. The van der Waals surface area contributed by atoms with Gasteiger partial charge < -0.3 is 5.32 Å². The zero-order chi connectivity index (χ0) is 13.1. The molecule has 4 heteroatoms. The molecule has 0 unspecified atom stereocenters. The van der Waals surface area contributed by atoms with Gasteiger partial charge in [-0.3, -0.25) is 0 Å². The molecular formula is C14H12FN3. The lowest BCUT2D eigenvalue weighted by molar-refractivity contribution is 0.631. The van der Waals surface area contributed by atoms with Crippen molar-refractivity contribution in [3.63, 3.8) is 0 Å². The lowest BCUT2D eigenvalue weighted by Crippen LogP contribution is -2.00. The lowest BCUT2D eigenvalue weighted by Gasteiger charge is -2.09. The Bertz CT molecular complexity index is 629. The molecule has 0 amide bonds. The molecule has 90 valence electrons. The van der Waals surface area contributed by atoms with Crippen LogP contribution in [0.1, 0.15) is 16.8 Å². The molecule has 1 aromatic carbocycles. The van der Waals surface area contributed by atoms with Crippen LogP contribution in [0.5, 0.6) is 0 Å². The summed E-state index contributed by atoms with van der Waals surface area (Å²) in [6.07, 6.45) is 0. The highest BCUT2D eigenvalue weighted by atomic mass is 19.1. The average Bonchev–Trinajstić information content (AvgIpc) is 2.34. The molecule has 1 aromatic heterocycles. The molecule has 1 N–H and O–H groups in total. The standard InChI is InChI=1S/C14H12FN3/c1-9-3-6-12(15)13(7-9)18-14-11(8-16)5-4-10(2)17-14/h3-7H,1-2H3,(H,17,18). The van der Waals surface area contributed by atoms with E-state index in [2.05, 4.69) is 10.3 Å². The highest BCUT2D eigenvalue weighted by Gasteiger charge is 2.08. The second-order valence-corrected chi connectivity index (χ2v) is 4.07. The third-order valence-electron chi connectivity index (χ3n) is 2.53. The molecule has 0 spiro atoms. The van der Waals surface area contributed by atoms with Gasteiger partial charge >= 0.3 is 0 Å². The van der Waals surface area contributed by atoms with E-state index < -0.39 is 0 Å². The van der Waals surface area contributed by atoms with Gasteiger partial charge in [-0.25, -0.2) is 9.37 Å². The smallest absolute Gasteiger partial charge is 0.148 e. The van der Waals surface area contributed by atoms with Crippen molar-refractivity contribution in [3.8, 4) is 6.07 Å². The predicted molar refractivity (Wildman–Crippen MR) is 68.1 cm³/mol. The molecule has 0 aliphatic rings. The van der Waals surface area contributed by atoms with Crippen LogP contribution in [0, 0.1) is 31.0 Å². The molecule has 0 aliphatic heterocycles. The molecule has 1 heterocycles. The molecule has 0 fully saturated rings. The topological polar surface area (TPSA) is 48.7 Å². The number of nitrogens with zero attached hydrogens (tertiary/aromatic N) is 2. The number of anilines is 2. The number of hydrogen-bond acceptors (Lipinski definition) is 3. The SMILES string of the molecule is Cc1ccc(F)c(Nc2nc(C)ccc2C#N)c1. The van der Waals surface area contributed by atoms with Crippen LogP contribution in [0.25, 0.3) is 0 Å². The average molecular weight is 241 g/mol. The van der Waals surface area contributed by atoms with E-state index in [0.29, 0.717) is 17.1 Å². The van der Waals surface area contributed by atoms with E-state index in [4.69, 9.17) is 5.26 Å². The van der Waals surface area contributed by atoms with Gasteiger partial charge in [-0.2, -0.15) is 5.26 Å². The van der Waals surface area contributed by atoms with Crippen LogP contribution in [0.2, 0.25) is 0 Å². The van der Waals surface area contributed by atoms with Gasteiger partial charge in [0.2, 0.25) is 0 Å². The first-order valence-corrected chi connectivity index (χ1v) is 5.51. The Hall–Kier alpha value is -2.41. The van der Waals surface area contributed by atoms with Crippen LogP contribution < -0.4 is 5.32 Å². The van der Waals surface area contributed by atoms with Gasteiger partial charge in [0.05, 0.1) is 11.3 Å². The number of rotatable bonds is 2. The van der Waals surface area contributed by atoms with Gasteiger partial charge in [0, 0.05) is 5.69 Å². The van der Waals surface area contributed by atoms with Crippen molar-refractivity contribution >= 4 is 11.5 Å². The summed E-state index contributed by atoms with van der Waals surface area (Å²) in [5, 5.41) is 11.9. The second-order valence-electron chi connectivity index (χ2n) is 4.07. The Morgan fingerprint density at radius 3 is 2.72 bits per heavy atom. The largest absolute Gasteiger partial charge is 0.337 e. The van der Waals surface area contributed by atoms with Crippen LogP contribution in [0.3, 0.4) is 0 Å². The summed E-state index contributed by atoms with van der Waals surface area (Å²) in [6.45, 7) is 3.69. The first-order chi connectivity index (χ1) is 8.60. The monoisotopic (exact) mass is 241 g/mol. The minimum absolute atomic E-state index is 0.324. The summed E-state index contributed by atoms with van der Waals surface area (Å²) < 4.78 is 13.6. The summed E-state index contributed by atoms with van der Waals surface area (Å²) in [7, 11) is 0. The van der Waals surface area contributed by atoms with Crippen LogP contribution in [0.4, 0.5) is 15.9 Å². The van der Waals surface area contributed by atoms with Crippen molar-refractivity contribution in [2.45, 2.75) is 13.8 Å². The van der Waals surface area contributed by atoms with Crippen molar-refractivity contribution in [1.82, 2.24) is 4.98 Å². The van der Waals surface area contributed by atoms with Crippen LogP contribution >= 0.6 is 0 Å². The van der Waals surface area contributed by atoms with E-state index in [-0.39, 0.29) is 5.82 Å².